The fourth-order valence-electron chi connectivity index (χ4n) is 1.87. The average Bonchev–Trinajstić information content (AvgIpc) is 3.26. The molecule has 6 heteroatoms. The summed E-state index contributed by atoms with van der Waals surface area (Å²) in [5.41, 5.74) is 6.87. The lowest BCUT2D eigenvalue weighted by atomic mass is 10.2. The molecule has 2 rings (SSSR count). The third-order valence-corrected chi connectivity index (χ3v) is 3.33. The zero-order valence-corrected chi connectivity index (χ0v) is 12.3. The van der Waals surface area contributed by atoms with Crippen LogP contribution < -0.4 is 11.1 Å². The Balaban J connectivity index is 1.77. The second kappa shape index (κ2) is 7.40. The summed E-state index contributed by atoms with van der Waals surface area (Å²) >= 11 is 0. The number of nitrogens with one attached hydrogen (secondary N) is 1. The molecule has 1 aromatic heterocycles. The van der Waals surface area contributed by atoms with Crippen LogP contribution in [0.25, 0.3) is 0 Å². The molecule has 1 aromatic rings. The molecule has 0 saturated heterocycles. The summed E-state index contributed by atoms with van der Waals surface area (Å²) in [5, 5.41) is 3.33. The summed E-state index contributed by atoms with van der Waals surface area (Å²) in [7, 11) is 1.67. The van der Waals surface area contributed by atoms with Gasteiger partial charge in [-0.15, -0.1) is 0 Å². The molecule has 1 fully saturated rings. The van der Waals surface area contributed by atoms with E-state index in [2.05, 4.69) is 15.3 Å². The number of rotatable bonds is 9. The number of nitrogen functional groups attached to an aromatic ring is 1. The van der Waals surface area contributed by atoms with Crippen molar-refractivity contribution in [2.24, 2.45) is 0 Å². The highest BCUT2D eigenvalue weighted by Gasteiger charge is 2.27. The van der Waals surface area contributed by atoms with E-state index in [1.165, 1.54) is 12.8 Å². The Bertz CT molecular complexity index is 435. The van der Waals surface area contributed by atoms with E-state index in [1.807, 2.05) is 6.92 Å². The van der Waals surface area contributed by atoms with Crippen LogP contribution in [0.3, 0.4) is 0 Å². The van der Waals surface area contributed by atoms with Crippen LogP contribution >= 0.6 is 0 Å². The first-order valence-corrected chi connectivity index (χ1v) is 7.17. The lowest BCUT2D eigenvalue weighted by Crippen LogP contribution is -2.12. The molecule has 0 bridgehead atoms. The number of methoxy groups -OCH3 is 1. The zero-order valence-electron chi connectivity index (χ0n) is 12.3. The summed E-state index contributed by atoms with van der Waals surface area (Å²) in [4.78, 5) is 8.94. The van der Waals surface area contributed by atoms with Crippen molar-refractivity contribution in [1.82, 2.24) is 9.97 Å². The topological polar surface area (TPSA) is 82.3 Å². The van der Waals surface area contributed by atoms with Gasteiger partial charge in [0.2, 0.25) is 0 Å². The fraction of sp³-hybridized carbons (Fsp3) is 0.714. The molecule has 1 saturated carbocycles. The summed E-state index contributed by atoms with van der Waals surface area (Å²) in [6.45, 7) is 4.75. The Labute approximate surface area is 120 Å². The van der Waals surface area contributed by atoms with Gasteiger partial charge in [-0.05, 0) is 26.2 Å². The number of hydrogen-bond acceptors (Lipinski definition) is 6. The Morgan fingerprint density at radius 3 is 2.75 bits per heavy atom. The second-order valence-corrected chi connectivity index (χ2v) is 5.10. The summed E-state index contributed by atoms with van der Waals surface area (Å²) in [5.74, 6) is 2.83. The van der Waals surface area contributed by atoms with E-state index in [0.717, 1.165) is 30.2 Å². The van der Waals surface area contributed by atoms with Crippen LogP contribution in [0.2, 0.25) is 0 Å². The van der Waals surface area contributed by atoms with Gasteiger partial charge in [0, 0.05) is 31.7 Å². The maximum Gasteiger partial charge on any atom is 0.136 e. The summed E-state index contributed by atoms with van der Waals surface area (Å²) < 4.78 is 10.3. The highest BCUT2D eigenvalue weighted by Crippen LogP contribution is 2.39. The van der Waals surface area contributed by atoms with Gasteiger partial charge in [0.05, 0.1) is 13.2 Å². The highest BCUT2D eigenvalue weighted by atomic mass is 16.5. The lowest BCUT2D eigenvalue weighted by molar-refractivity contribution is 0.0705. The molecule has 0 aromatic carbocycles. The number of nitrogens with two attached hydrogens (primary N) is 1. The molecular weight excluding hydrogens is 256 g/mol. The third-order valence-electron chi connectivity index (χ3n) is 3.33. The molecule has 0 amide bonds. The quantitative estimate of drug-likeness (QED) is 0.670. The molecular formula is C14H24N4O2. The molecule has 0 atom stereocenters. The lowest BCUT2D eigenvalue weighted by Gasteiger charge is -2.12. The Morgan fingerprint density at radius 2 is 2.05 bits per heavy atom. The van der Waals surface area contributed by atoms with Gasteiger partial charge in [0.25, 0.3) is 0 Å². The van der Waals surface area contributed by atoms with Crippen LogP contribution in [0.4, 0.5) is 11.6 Å². The van der Waals surface area contributed by atoms with Crippen molar-refractivity contribution in [1.29, 1.82) is 0 Å². The van der Waals surface area contributed by atoms with Gasteiger partial charge in [0.15, 0.2) is 0 Å². The van der Waals surface area contributed by atoms with Crippen molar-refractivity contribution < 1.29 is 9.47 Å². The molecule has 6 nitrogen and oxygen atoms in total. The zero-order chi connectivity index (χ0) is 14.4. The Morgan fingerprint density at radius 1 is 1.25 bits per heavy atom. The number of anilines is 2. The van der Waals surface area contributed by atoms with E-state index < -0.39 is 0 Å². The first-order valence-electron chi connectivity index (χ1n) is 7.17. The number of hydrogen-bond donors (Lipinski definition) is 2. The van der Waals surface area contributed by atoms with Gasteiger partial charge in [0.1, 0.15) is 17.5 Å². The van der Waals surface area contributed by atoms with Crippen molar-refractivity contribution in [2.45, 2.75) is 32.1 Å². The molecule has 0 spiro atoms. The van der Waals surface area contributed by atoms with Crippen molar-refractivity contribution in [3.05, 3.63) is 11.4 Å². The molecule has 0 radical (unpaired) electrons. The molecule has 1 heterocycles. The predicted molar refractivity (Wildman–Crippen MR) is 79.0 cm³/mol. The minimum absolute atomic E-state index is 0.510. The van der Waals surface area contributed by atoms with Gasteiger partial charge < -0.3 is 20.5 Å². The van der Waals surface area contributed by atoms with Gasteiger partial charge >= 0.3 is 0 Å². The normalized spacial score (nSPS) is 14.5. The van der Waals surface area contributed by atoms with E-state index in [0.29, 0.717) is 31.6 Å². The highest BCUT2D eigenvalue weighted by molar-refractivity contribution is 5.55. The van der Waals surface area contributed by atoms with E-state index in [9.17, 15) is 0 Å². The van der Waals surface area contributed by atoms with Gasteiger partial charge in [-0.3, -0.25) is 0 Å². The number of ether oxygens (including phenoxy) is 2. The van der Waals surface area contributed by atoms with E-state index >= 15 is 0 Å². The standard InChI is InChI=1S/C14H24N4O2/c1-10-12(15)17-14(11-4-5-11)18-13(10)16-6-3-7-20-9-8-19-2/h11H,3-9H2,1-2H3,(H3,15,16,17,18). The van der Waals surface area contributed by atoms with E-state index in [-0.39, 0.29) is 0 Å². The van der Waals surface area contributed by atoms with Crippen LogP contribution in [-0.4, -0.2) is 43.4 Å². The largest absolute Gasteiger partial charge is 0.383 e. The average molecular weight is 280 g/mol. The smallest absolute Gasteiger partial charge is 0.136 e. The van der Waals surface area contributed by atoms with Crippen LogP contribution in [0.15, 0.2) is 0 Å². The van der Waals surface area contributed by atoms with Crippen molar-refractivity contribution in [3.8, 4) is 0 Å². The minimum Gasteiger partial charge on any atom is -0.383 e. The molecule has 0 aliphatic heterocycles. The summed E-state index contributed by atoms with van der Waals surface area (Å²) in [6, 6.07) is 0. The SMILES string of the molecule is COCCOCCCNc1nc(C2CC2)nc(N)c1C. The van der Waals surface area contributed by atoms with Gasteiger partial charge in [-0.2, -0.15) is 0 Å². The third kappa shape index (κ3) is 4.31. The van der Waals surface area contributed by atoms with Crippen molar-refractivity contribution in [3.63, 3.8) is 0 Å². The van der Waals surface area contributed by atoms with Gasteiger partial charge in [-0.1, -0.05) is 0 Å². The van der Waals surface area contributed by atoms with Gasteiger partial charge in [-0.25, -0.2) is 9.97 Å². The van der Waals surface area contributed by atoms with Crippen LogP contribution in [-0.2, 0) is 9.47 Å². The maximum absolute atomic E-state index is 5.94. The van der Waals surface area contributed by atoms with Crippen LogP contribution in [0.5, 0.6) is 0 Å². The Kier molecular flexibility index (Phi) is 5.55. The monoisotopic (exact) mass is 280 g/mol. The fourth-order valence-corrected chi connectivity index (χ4v) is 1.87. The number of aromatic nitrogens is 2. The molecule has 1 aliphatic rings. The first-order chi connectivity index (χ1) is 9.72. The minimum atomic E-state index is 0.510. The van der Waals surface area contributed by atoms with Crippen LogP contribution in [0.1, 0.15) is 36.6 Å². The Hall–Kier alpha value is -1.40. The second-order valence-electron chi connectivity index (χ2n) is 5.10. The van der Waals surface area contributed by atoms with Crippen molar-refractivity contribution in [2.75, 3.05) is 44.5 Å². The summed E-state index contributed by atoms with van der Waals surface area (Å²) in [6.07, 6.45) is 3.27. The molecule has 3 N–H and O–H groups in total. The molecule has 20 heavy (non-hydrogen) atoms. The first kappa shape index (κ1) is 15.0. The maximum atomic E-state index is 5.94. The van der Waals surface area contributed by atoms with E-state index in [1.54, 1.807) is 7.11 Å². The molecule has 1 aliphatic carbocycles. The number of nitrogens with zero attached hydrogens (tertiary/aromatic N) is 2. The van der Waals surface area contributed by atoms with Crippen LogP contribution in [0, 0.1) is 6.92 Å². The van der Waals surface area contributed by atoms with E-state index in [4.69, 9.17) is 15.2 Å². The van der Waals surface area contributed by atoms with Crippen molar-refractivity contribution >= 4 is 11.6 Å². The molecule has 0 unspecified atom stereocenters. The predicted octanol–water partition coefficient (Wildman–Crippen LogP) is 1.71. The molecule has 112 valence electrons.